The predicted octanol–water partition coefficient (Wildman–Crippen LogP) is 3.91. The van der Waals surface area contributed by atoms with E-state index in [9.17, 15) is 4.79 Å². The largest absolute Gasteiger partial charge is 0.481 e. The van der Waals surface area contributed by atoms with Crippen molar-refractivity contribution >= 4 is 17.6 Å². The monoisotopic (exact) mass is 372 g/mol. The number of halogens is 1. The Hall–Kier alpha value is -1.88. The highest BCUT2D eigenvalue weighted by molar-refractivity contribution is 6.31. The van der Waals surface area contributed by atoms with Crippen molar-refractivity contribution in [1.82, 2.24) is 9.80 Å². The Kier molecular flexibility index (Phi) is 6.67. The number of carboxylic acid groups (broad SMARTS) is 1. The summed E-state index contributed by atoms with van der Waals surface area (Å²) < 4.78 is 0. The number of piperazine rings is 1. The molecule has 3 rings (SSSR count). The maximum absolute atomic E-state index is 10.7. The van der Waals surface area contributed by atoms with Crippen LogP contribution in [0.3, 0.4) is 0 Å². The van der Waals surface area contributed by atoms with E-state index in [1.165, 1.54) is 5.56 Å². The Morgan fingerprint density at radius 1 is 1.00 bits per heavy atom. The van der Waals surface area contributed by atoms with Gasteiger partial charge in [0.05, 0.1) is 6.04 Å². The highest BCUT2D eigenvalue weighted by Gasteiger charge is 2.27. The Morgan fingerprint density at radius 2 is 1.65 bits per heavy atom. The number of benzene rings is 2. The summed E-state index contributed by atoms with van der Waals surface area (Å²) in [5.74, 6) is -0.716. The molecule has 26 heavy (non-hydrogen) atoms. The van der Waals surface area contributed by atoms with Crippen LogP contribution in [-0.4, -0.2) is 53.6 Å². The molecule has 0 saturated carbocycles. The first-order valence-electron chi connectivity index (χ1n) is 9.12. The van der Waals surface area contributed by atoms with Crippen LogP contribution in [0, 0.1) is 0 Å². The standard InChI is InChI=1S/C21H25ClN2O2/c22-19-10-5-4-9-18(19)21(17-7-2-1-3-8-17)24-15-13-23(14-16-24)12-6-11-20(25)26/h1-5,7-10,21H,6,11-16H2,(H,25,26)/t21-/m1/s1. The van der Waals surface area contributed by atoms with E-state index in [1.807, 2.05) is 24.3 Å². The van der Waals surface area contributed by atoms with E-state index in [2.05, 4.69) is 40.1 Å². The molecule has 4 nitrogen and oxygen atoms in total. The quantitative estimate of drug-likeness (QED) is 0.800. The molecule has 0 amide bonds. The molecule has 1 heterocycles. The molecule has 1 N–H and O–H groups in total. The number of carboxylic acids is 1. The molecular formula is C21H25ClN2O2. The zero-order valence-electron chi connectivity index (χ0n) is 14.9. The van der Waals surface area contributed by atoms with Crippen LogP contribution in [-0.2, 0) is 4.79 Å². The minimum absolute atomic E-state index is 0.145. The summed E-state index contributed by atoms with van der Waals surface area (Å²) in [4.78, 5) is 15.5. The molecule has 0 radical (unpaired) electrons. The molecule has 1 atom stereocenters. The van der Waals surface area contributed by atoms with Gasteiger partial charge in [0.15, 0.2) is 0 Å². The first-order chi connectivity index (χ1) is 12.6. The second-order valence-corrected chi connectivity index (χ2v) is 7.12. The van der Waals surface area contributed by atoms with Crippen LogP contribution in [0.25, 0.3) is 0 Å². The topological polar surface area (TPSA) is 43.8 Å². The molecular weight excluding hydrogens is 348 g/mol. The van der Waals surface area contributed by atoms with Crippen molar-refractivity contribution in [1.29, 1.82) is 0 Å². The van der Waals surface area contributed by atoms with Gasteiger partial charge in [-0.1, -0.05) is 60.1 Å². The van der Waals surface area contributed by atoms with Gasteiger partial charge in [0.1, 0.15) is 0 Å². The van der Waals surface area contributed by atoms with Crippen LogP contribution in [0.5, 0.6) is 0 Å². The fourth-order valence-electron chi connectivity index (χ4n) is 3.62. The van der Waals surface area contributed by atoms with E-state index < -0.39 is 5.97 Å². The Bertz CT molecular complexity index is 715. The van der Waals surface area contributed by atoms with Crippen LogP contribution in [0.1, 0.15) is 30.0 Å². The average molecular weight is 373 g/mol. The van der Waals surface area contributed by atoms with E-state index in [0.29, 0.717) is 6.42 Å². The van der Waals surface area contributed by atoms with Gasteiger partial charge in [0.25, 0.3) is 0 Å². The maximum Gasteiger partial charge on any atom is 0.303 e. The van der Waals surface area contributed by atoms with E-state index in [-0.39, 0.29) is 12.5 Å². The first-order valence-corrected chi connectivity index (χ1v) is 9.50. The molecule has 1 saturated heterocycles. The average Bonchev–Trinajstić information content (AvgIpc) is 2.65. The molecule has 2 aromatic rings. The van der Waals surface area contributed by atoms with Gasteiger partial charge in [-0.2, -0.15) is 0 Å². The third kappa shape index (κ3) is 4.85. The molecule has 0 spiro atoms. The summed E-state index contributed by atoms with van der Waals surface area (Å²) in [6.07, 6.45) is 0.953. The third-order valence-electron chi connectivity index (χ3n) is 4.95. The van der Waals surface area contributed by atoms with Crippen molar-refractivity contribution in [3.8, 4) is 0 Å². The lowest BCUT2D eigenvalue weighted by molar-refractivity contribution is -0.137. The molecule has 0 aromatic heterocycles. The normalized spacial score (nSPS) is 17.1. The Morgan fingerprint density at radius 3 is 2.31 bits per heavy atom. The summed E-state index contributed by atoms with van der Waals surface area (Å²) in [6, 6.07) is 18.7. The van der Waals surface area contributed by atoms with Crippen molar-refractivity contribution in [2.24, 2.45) is 0 Å². The Balaban J connectivity index is 1.71. The highest BCUT2D eigenvalue weighted by Crippen LogP contribution is 2.33. The molecule has 138 valence electrons. The minimum atomic E-state index is -0.716. The van der Waals surface area contributed by atoms with Gasteiger partial charge in [0, 0.05) is 37.6 Å². The SMILES string of the molecule is O=C(O)CCCN1CCN([C@H](c2ccccc2)c2ccccc2Cl)CC1. The summed E-state index contributed by atoms with van der Waals surface area (Å²) >= 11 is 6.52. The zero-order chi connectivity index (χ0) is 18.4. The minimum Gasteiger partial charge on any atom is -0.481 e. The van der Waals surface area contributed by atoms with Crippen LogP contribution in [0.2, 0.25) is 5.02 Å². The van der Waals surface area contributed by atoms with Gasteiger partial charge in [-0.25, -0.2) is 0 Å². The molecule has 1 fully saturated rings. The van der Waals surface area contributed by atoms with Crippen molar-refractivity contribution in [2.75, 3.05) is 32.7 Å². The summed E-state index contributed by atoms with van der Waals surface area (Å²) in [5.41, 5.74) is 2.39. The van der Waals surface area contributed by atoms with E-state index in [0.717, 1.165) is 43.3 Å². The van der Waals surface area contributed by atoms with E-state index in [4.69, 9.17) is 16.7 Å². The maximum atomic E-state index is 10.7. The van der Waals surface area contributed by atoms with Crippen LogP contribution in [0.4, 0.5) is 0 Å². The number of carbonyl (C=O) groups is 1. The van der Waals surface area contributed by atoms with Crippen molar-refractivity contribution in [2.45, 2.75) is 18.9 Å². The number of hydrogen-bond acceptors (Lipinski definition) is 3. The van der Waals surface area contributed by atoms with Crippen LogP contribution < -0.4 is 0 Å². The number of hydrogen-bond donors (Lipinski definition) is 1. The molecule has 2 aromatic carbocycles. The van der Waals surface area contributed by atoms with E-state index in [1.54, 1.807) is 0 Å². The number of rotatable bonds is 7. The Labute approximate surface area is 160 Å². The lowest BCUT2D eigenvalue weighted by Crippen LogP contribution is -2.48. The molecule has 5 heteroatoms. The first kappa shape index (κ1) is 18.9. The smallest absolute Gasteiger partial charge is 0.303 e. The summed E-state index contributed by atoms with van der Waals surface area (Å²) in [7, 11) is 0. The highest BCUT2D eigenvalue weighted by atomic mass is 35.5. The van der Waals surface area contributed by atoms with E-state index >= 15 is 0 Å². The van der Waals surface area contributed by atoms with Crippen molar-refractivity contribution < 1.29 is 9.90 Å². The molecule has 0 unspecified atom stereocenters. The molecule has 0 bridgehead atoms. The van der Waals surface area contributed by atoms with Gasteiger partial charge < -0.3 is 10.0 Å². The number of aliphatic carboxylic acids is 1. The van der Waals surface area contributed by atoms with Crippen molar-refractivity contribution in [3.63, 3.8) is 0 Å². The van der Waals surface area contributed by atoms with Gasteiger partial charge in [-0.3, -0.25) is 9.69 Å². The van der Waals surface area contributed by atoms with Gasteiger partial charge in [-0.15, -0.1) is 0 Å². The van der Waals surface area contributed by atoms with Gasteiger partial charge in [0.2, 0.25) is 0 Å². The van der Waals surface area contributed by atoms with Crippen molar-refractivity contribution in [3.05, 3.63) is 70.7 Å². The fraction of sp³-hybridized carbons (Fsp3) is 0.381. The predicted molar refractivity (Wildman–Crippen MR) is 105 cm³/mol. The van der Waals surface area contributed by atoms with Gasteiger partial charge >= 0.3 is 5.97 Å². The lowest BCUT2D eigenvalue weighted by Gasteiger charge is -2.40. The summed E-state index contributed by atoms with van der Waals surface area (Å²) in [6.45, 7) is 4.64. The number of nitrogens with zero attached hydrogens (tertiary/aromatic N) is 2. The third-order valence-corrected chi connectivity index (χ3v) is 5.30. The summed E-state index contributed by atoms with van der Waals surface area (Å²) in [5, 5.41) is 9.59. The second-order valence-electron chi connectivity index (χ2n) is 6.71. The second kappa shape index (κ2) is 9.17. The van der Waals surface area contributed by atoms with Gasteiger partial charge in [-0.05, 0) is 30.2 Å². The fourth-order valence-corrected chi connectivity index (χ4v) is 3.86. The van der Waals surface area contributed by atoms with Crippen LogP contribution in [0.15, 0.2) is 54.6 Å². The molecule has 1 aliphatic heterocycles. The lowest BCUT2D eigenvalue weighted by atomic mass is 9.96. The molecule has 1 aliphatic rings. The zero-order valence-corrected chi connectivity index (χ0v) is 15.6. The van der Waals surface area contributed by atoms with Crippen LogP contribution >= 0.6 is 11.6 Å². The molecule has 0 aliphatic carbocycles.